The number of hydrogen-bond donors (Lipinski definition) is 2. The zero-order chi connectivity index (χ0) is 16.9. The van der Waals surface area contributed by atoms with Crippen LogP contribution in [0.5, 0.6) is 0 Å². The standard InChI is InChI=1S/C16H26N4O3/c1-3-4-11-23-12-7-10-18-16(17-2)19-13-14-8-5-6-9-15(14)20(21)22/h5-6,8-9H,3-4,7,10-13H2,1-2H3,(H2,17,18,19). The number of para-hydroxylation sites is 1. The van der Waals surface area contributed by atoms with Crippen molar-refractivity contribution in [3.8, 4) is 0 Å². The third kappa shape index (κ3) is 7.60. The van der Waals surface area contributed by atoms with E-state index in [0.717, 1.165) is 32.4 Å². The molecule has 0 unspecified atom stereocenters. The van der Waals surface area contributed by atoms with E-state index in [-0.39, 0.29) is 10.6 Å². The monoisotopic (exact) mass is 322 g/mol. The topological polar surface area (TPSA) is 88.8 Å². The molecule has 0 amide bonds. The van der Waals surface area contributed by atoms with Crippen LogP contribution < -0.4 is 10.6 Å². The molecule has 0 aliphatic heterocycles. The van der Waals surface area contributed by atoms with E-state index in [1.165, 1.54) is 6.07 Å². The Hall–Kier alpha value is -2.15. The second-order valence-corrected chi connectivity index (χ2v) is 5.06. The number of nitro groups is 1. The summed E-state index contributed by atoms with van der Waals surface area (Å²) in [7, 11) is 1.67. The average Bonchev–Trinajstić information content (AvgIpc) is 2.57. The van der Waals surface area contributed by atoms with Gasteiger partial charge in [0, 0.05) is 45.0 Å². The molecule has 0 aromatic heterocycles. The van der Waals surface area contributed by atoms with E-state index in [0.29, 0.717) is 24.7 Å². The molecule has 23 heavy (non-hydrogen) atoms. The summed E-state index contributed by atoms with van der Waals surface area (Å²) in [5, 5.41) is 17.2. The van der Waals surface area contributed by atoms with Crippen LogP contribution in [0.4, 0.5) is 5.69 Å². The molecule has 128 valence electrons. The first-order valence-electron chi connectivity index (χ1n) is 7.93. The van der Waals surface area contributed by atoms with E-state index in [2.05, 4.69) is 22.5 Å². The number of rotatable bonds is 10. The number of benzene rings is 1. The number of ether oxygens (including phenoxy) is 1. The lowest BCUT2D eigenvalue weighted by Gasteiger charge is -2.12. The zero-order valence-corrected chi connectivity index (χ0v) is 13.9. The highest BCUT2D eigenvalue weighted by atomic mass is 16.6. The van der Waals surface area contributed by atoms with Crippen LogP contribution in [-0.4, -0.2) is 37.7 Å². The smallest absolute Gasteiger partial charge is 0.274 e. The fourth-order valence-corrected chi connectivity index (χ4v) is 1.97. The Morgan fingerprint density at radius 1 is 1.26 bits per heavy atom. The maximum atomic E-state index is 11.0. The van der Waals surface area contributed by atoms with Crippen molar-refractivity contribution in [3.05, 3.63) is 39.9 Å². The van der Waals surface area contributed by atoms with Crippen LogP contribution in [0.15, 0.2) is 29.3 Å². The molecule has 2 N–H and O–H groups in total. The maximum Gasteiger partial charge on any atom is 0.274 e. The molecule has 0 aliphatic rings. The zero-order valence-electron chi connectivity index (χ0n) is 13.9. The minimum Gasteiger partial charge on any atom is -0.381 e. The Morgan fingerprint density at radius 2 is 2.00 bits per heavy atom. The molecular weight excluding hydrogens is 296 g/mol. The number of guanidine groups is 1. The Morgan fingerprint density at radius 3 is 2.70 bits per heavy atom. The largest absolute Gasteiger partial charge is 0.381 e. The van der Waals surface area contributed by atoms with Gasteiger partial charge in [0.2, 0.25) is 0 Å². The van der Waals surface area contributed by atoms with Gasteiger partial charge in [-0.15, -0.1) is 0 Å². The molecule has 0 radical (unpaired) electrons. The van der Waals surface area contributed by atoms with Gasteiger partial charge < -0.3 is 15.4 Å². The van der Waals surface area contributed by atoms with Crippen LogP contribution in [0.25, 0.3) is 0 Å². The SMILES string of the molecule is CCCCOCCCNC(=NC)NCc1ccccc1[N+](=O)[O-]. The number of aliphatic imine (C=N–C) groups is 1. The molecule has 0 fully saturated rings. The van der Waals surface area contributed by atoms with Crippen molar-refractivity contribution in [2.45, 2.75) is 32.7 Å². The normalized spacial score (nSPS) is 11.3. The third-order valence-electron chi connectivity index (χ3n) is 3.26. The fraction of sp³-hybridized carbons (Fsp3) is 0.562. The molecule has 0 aliphatic carbocycles. The fourth-order valence-electron chi connectivity index (χ4n) is 1.97. The summed E-state index contributed by atoms with van der Waals surface area (Å²) < 4.78 is 5.49. The molecule has 1 aromatic carbocycles. The Bertz CT molecular complexity index is 506. The Kier molecular flexibility index (Phi) is 9.38. The van der Waals surface area contributed by atoms with E-state index in [1.807, 2.05) is 0 Å². The number of nitrogens with zero attached hydrogens (tertiary/aromatic N) is 2. The number of unbranched alkanes of at least 4 members (excludes halogenated alkanes) is 1. The van der Waals surface area contributed by atoms with Crippen LogP contribution in [0.2, 0.25) is 0 Å². The lowest BCUT2D eigenvalue weighted by molar-refractivity contribution is -0.385. The van der Waals surface area contributed by atoms with E-state index in [4.69, 9.17) is 4.74 Å². The van der Waals surface area contributed by atoms with Gasteiger partial charge in [-0.2, -0.15) is 0 Å². The molecule has 0 saturated carbocycles. The van der Waals surface area contributed by atoms with E-state index in [1.54, 1.807) is 25.2 Å². The molecular formula is C16H26N4O3. The van der Waals surface area contributed by atoms with Crippen molar-refractivity contribution in [2.24, 2.45) is 4.99 Å². The Labute approximate surface area is 137 Å². The number of nitro benzene ring substituents is 1. The summed E-state index contributed by atoms with van der Waals surface area (Å²) in [5.41, 5.74) is 0.739. The van der Waals surface area contributed by atoms with Gasteiger partial charge in [0.15, 0.2) is 5.96 Å². The Balaban J connectivity index is 2.31. The minimum absolute atomic E-state index is 0.111. The highest BCUT2D eigenvalue weighted by Gasteiger charge is 2.12. The van der Waals surface area contributed by atoms with E-state index >= 15 is 0 Å². The van der Waals surface area contributed by atoms with Gasteiger partial charge >= 0.3 is 0 Å². The first-order chi connectivity index (χ1) is 11.2. The molecule has 7 nitrogen and oxygen atoms in total. The van der Waals surface area contributed by atoms with Crippen LogP contribution >= 0.6 is 0 Å². The first kappa shape index (κ1) is 18.9. The van der Waals surface area contributed by atoms with Gasteiger partial charge in [0.25, 0.3) is 5.69 Å². The second kappa shape index (κ2) is 11.4. The molecule has 0 saturated heterocycles. The predicted octanol–water partition coefficient (Wildman–Crippen LogP) is 2.47. The van der Waals surface area contributed by atoms with Crippen molar-refractivity contribution in [3.63, 3.8) is 0 Å². The predicted molar refractivity (Wildman–Crippen MR) is 91.6 cm³/mol. The van der Waals surface area contributed by atoms with Crippen molar-refractivity contribution in [2.75, 3.05) is 26.8 Å². The first-order valence-corrected chi connectivity index (χ1v) is 7.93. The maximum absolute atomic E-state index is 11.0. The minimum atomic E-state index is -0.374. The highest BCUT2D eigenvalue weighted by molar-refractivity contribution is 5.79. The van der Waals surface area contributed by atoms with Gasteiger partial charge in [0.05, 0.1) is 4.92 Å². The molecule has 0 heterocycles. The summed E-state index contributed by atoms with van der Waals surface area (Å²) in [6.07, 6.45) is 3.11. The van der Waals surface area contributed by atoms with Gasteiger partial charge in [-0.1, -0.05) is 31.5 Å². The van der Waals surface area contributed by atoms with Gasteiger partial charge in [-0.3, -0.25) is 15.1 Å². The molecule has 1 aromatic rings. The van der Waals surface area contributed by atoms with Crippen molar-refractivity contribution < 1.29 is 9.66 Å². The van der Waals surface area contributed by atoms with Crippen molar-refractivity contribution >= 4 is 11.6 Å². The van der Waals surface area contributed by atoms with E-state index < -0.39 is 0 Å². The lowest BCUT2D eigenvalue weighted by Crippen LogP contribution is -2.37. The summed E-state index contributed by atoms with van der Waals surface area (Å²) in [4.78, 5) is 14.7. The molecule has 0 bridgehead atoms. The summed E-state index contributed by atoms with van der Waals surface area (Å²) in [6.45, 7) is 4.75. The van der Waals surface area contributed by atoms with Crippen LogP contribution in [0.3, 0.4) is 0 Å². The third-order valence-corrected chi connectivity index (χ3v) is 3.26. The van der Waals surface area contributed by atoms with Gasteiger partial charge in [-0.25, -0.2) is 0 Å². The molecule has 7 heteroatoms. The summed E-state index contributed by atoms with van der Waals surface area (Å²) in [5.74, 6) is 0.622. The lowest BCUT2D eigenvalue weighted by atomic mass is 10.2. The van der Waals surface area contributed by atoms with E-state index in [9.17, 15) is 10.1 Å². The van der Waals surface area contributed by atoms with Gasteiger partial charge in [0.1, 0.15) is 0 Å². The molecule has 1 rings (SSSR count). The van der Waals surface area contributed by atoms with Crippen LogP contribution in [-0.2, 0) is 11.3 Å². The number of hydrogen-bond acceptors (Lipinski definition) is 4. The summed E-state index contributed by atoms with van der Waals surface area (Å²) in [6, 6.07) is 6.68. The average molecular weight is 322 g/mol. The number of nitrogens with one attached hydrogen (secondary N) is 2. The molecule has 0 spiro atoms. The van der Waals surface area contributed by atoms with Crippen molar-refractivity contribution in [1.29, 1.82) is 0 Å². The van der Waals surface area contributed by atoms with Crippen LogP contribution in [0.1, 0.15) is 31.7 Å². The second-order valence-electron chi connectivity index (χ2n) is 5.06. The van der Waals surface area contributed by atoms with Gasteiger partial charge in [-0.05, 0) is 12.8 Å². The highest BCUT2D eigenvalue weighted by Crippen LogP contribution is 2.16. The van der Waals surface area contributed by atoms with Crippen LogP contribution in [0, 0.1) is 10.1 Å². The quantitative estimate of drug-likeness (QED) is 0.227. The molecule has 0 atom stereocenters. The summed E-state index contributed by atoms with van der Waals surface area (Å²) >= 11 is 0. The van der Waals surface area contributed by atoms with Crippen molar-refractivity contribution in [1.82, 2.24) is 10.6 Å².